The largest absolute Gasteiger partial charge is 0.454 e. The van der Waals surface area contributed by atoms with Crippen LogP contribution in [0.1, 0.15) is 10.4 Å². The average Bonchev–Trinajstić information content (AvgIpc) is 2.01. The van der Waals surface area contributed by atoms with Crippen molar-refractivity contribution in [3.05, 3.63) is 29.6 Å². The summed E-state index contributed by atoms with van der Waals surface area (Å²) in [4.78, 5) is 10.7. The van der Waals surface area contributed by atoms with Gasteiger partial charge in [0.25, 0.3) is 5.78 Å². The van der Waals surface area contributed by atoms with Gasteiger partial charge in [-0.3, -0.25) is 4.79 Å². The Morgan fingerprint density at radius 2 is 1.86 bits per heavy atom. The number of nitrogens with two attached hydrogens (primary N) is 1. The molecular formula is C8H5F4NO. The van der Waals surface area contributed by atoms with Crippen LogP contribution in [0.15, 0.2) is 18.2 Å². The Morgan fingerprint density at radius 3 is 2.29 bits per heavy atom. The minimum atomic E-state index is -4.99. The number of hydrogen-bond donors (Lipinski definition) is 1. The first-order chi connectivity index (χ1) is 6.32. The van der Waals surface area contributed by atoms with Crippen molar-refractivity contribution in [2.75, 3.05) is 5.73 Å². The predicted octanol–water partition coefficient (Wildman–Crippen LogP) is 2.15. The molecule has 0 saturated carbocycles. The molecule has 2 nitrogen and oxygen atoms in total. The van der Waals surface area contributed by atoms with Crippen molar-refractivity contribution in [2.45, 2.75) is 6.18 Å². The highest BCUT2D eigenvalue weighted by Gasteiger charge is 2.40. The molecule has 0 atom stereocenters. The topological polar surface area (TPSA) is 43.1 Å². The first-order valence-corrected chi connectivity index (χ1v) is 3.49. The Hall–Kier alpha value is -1.59. The first-order valence-electron chi connectivity index (χ1n) is 3.49. The maximum atomic E-state index is 12.4. The lowest BCUT2D eigenvalue weighted by molar-refractivity contribution is -0.0884. The third-order valence-corrected chi connectivity index (χ3v) is 1.52. The van der Waals surface area contributed by atoms with Crippen LogP contribution in [0.25, 0.3) is 0 Å². The van der Waals surface area contributed by atoms with E-state index >= 15 is 0 Å². The number of rotatable bonds is 1. The molecule has 0 unspecified atom stereocenters. The van der Waals surface area contributed by atoms with Crippen LogP contribution >= 0.6 is 0 Å². The molecule has 0 aromatic heterocycles. The summed E-state index contributed by atoms with van der Waals surface area (Å²) in [5, 5.41) is 0. The van der Waals surface area contributed by atoms with Gasteiger partial charge in [-0.1, -0.05) is 0 Å². The van der Waals surface area contributed by atoms with Crippen molar-refractivity contribution in [3.63, 3.8) is 0 Å². The molecule has 0 amide bonds. The van der Waals surface area contributed by atoms with Crippen LogP contribution in [0.3, 0.4) is 0 Å². The molecule has 0 fully saturated rings. The predicted molar refractivity (Wildman–Crippen MR) is 41.2 cm³/mol. The lowest BCUT2D eigenvalue weighted by Gasteiger charge is -2.07. The van der Waals surface area contributed by atoms with E-state index in [2.05, 4.69) is 0 Å². The molecular weight excluding hydrogens is 202 g/mol. The number of nitrogen functional groups attached to an aromatic ring is 1. The molecule has 0 radical (unpaired) electrons. The van der Waals surface area contributed by atoms with E-state index in [-0.39, 0.29) is 0 Å². The van der Waals surface area contributed by atoms with E-state index in [1.54, 1.807) is 0 Å². The van der Waals surface area contributed by atoms with Crippen LogP contribution in [-0.2, 0) is 0 Å². The Labute approximate surface area is 76.3 Å². The summed E-state index contributed by atoms with van der Waals surface area (Å²) >= 11 is 0. The second-order valence-corrected chi connectivity index (χ2v) is 2.56. The number of anilines is 1. The van der Waals surface area contributed by atoms with E-state index in [1.807, 2.05) is 0 Å². The minimum Gasteiger partial charge on any atom is -0.398 e. The van der Waals surface area contributed by atoms with Gasteiger partial charge in [0, 0.05) is 5.69 Å². The summed E-state index contributed by atoms with van der Waals surface area (Å²) in [5.74, 6) is -2.86. The minimum absolute atomic E-state index is 0.521. The molecule has 0 aliphatic rings. The third-order valence-electron chi connectivity index (χ3n) is 1.52. The van der Waals surface area contributed by atoms with E-state index < -0.39 is 29.0 Å². The molecule has 1 aromatic rings. The van der Waals surface area contributed by atoms with E-state index in [4.69, 9.17) is 5.73 Å². The molecule has 0 bridgehead atoms. The van der Waals surface area contributed by atoms with Crippen LogP contribution in [0.2, 0.25) is 0 Å². The molecule has 14 heavy (non-hydrogen) atoms. The van der Waals surface area contributed by atoms with Crippen LogP contribution < -0.4 is 5.73 Å². The van der Waals surface area contributed by atoms with Crippen LogP contribution in [0.5, 0.6) is 0 Å². The number of ketones is 1. The number of benzene rings is 1. The van der Waals surface area contributed by atoms with Gasteiger partial charge in [0.15, 0.2) is 0 Å². The highest BCUT2D eigenvalue weighted by atomic mass is 19.4. The highest BCUT2D eigenvalue weighted by molar-refractivity contribution is 6.04. The van der Waals surface area contributed by atoms with Gasteiger partial charge in [0.05, 0.1) is 5.56 Å². The standard InChI is InChI=1S/C8H5F4NO/c9-4-1-2-5(6(13)3-4)7(14)8(10,11)12/h1-3H,13H2. The van der Waals surface area contributed by atoms with Crippen LogP contribution in [-0.4, -0.2) is 12.0 Å². The summed E-state index contributed by atoms with van der Waals surface area (Å²) in [6.07, 6.45) is -4.99. The molecule has 76 valence electrons. The third kappa shape index (κ3) is 2.01. The summed E-state index contributed by atoms with van der Waals surface area (Å²) in [5.41, 5.74) is 3.80. The molecule has 0 spiro atoms. The summed E-state index contributed by atoms with van der Waals surface area (Å²) in [7, 11) is 0. The van der Waals surface area contributed by atoms with E-state index in [9.17, 15) is 22.4 Å². The Kier molecular flexibility index (Phi) is 2.46. The number of alkyl halides is 3. The van der Waals surface area contributed by atoms with Crippen molar-refractivity contribution < 1.29 is 22.4 Å². The van der Waals surface area contributed by atoms with Gasteiger partial charge in [-0.2, -0.15) is 13.2 Å². The Morgan fingerprint density at radius 1 is 1.29 bits per heavy atom. The van der Waals surface area contributed by atoms with Crippen LogP contribution in [0.4, 0.5) is 23.2 Å². The zero-order chi connectivity index (χ0) is 10.9. The lowest BCUT2D eigenvalue weighted by atomic mass is 10.1. The highest BCUT2D eigenvalue weighted by Crippen LogP contribution is 2.25. The zero-order valence-electron chi connectivity index (χ0n) is 6.73. The smallest absolute Gasteiger partial charge is 0.398 e. The first kappa shape index (κ1) is 10.5. The van der Waals surface area contributed by atoms with Gasteiger partial charge in [-0.05, 0) is 18.2 Å². The zero-order valence-corrected chi connectivity index (χ0v) is 6.73. The average molecular weight is 207 g/mol. The SMILES string of the molecule is Nc1cc(F)ccc1C(=O)C(F)(F)F. The van der Waals surface area contributed by atoms with Crippen molar-refractivity contribution in [1.29, 1.82) is 0 Å². The summed E-state index contributed by atoms with van der Waals surface area (Å²) in [6.45, 7) is 0. The summed E-state index contributed by atoms with van der Waals surface area (Å²) in [6, 6.07) is 2.12. The quantitative estimate of drug-likeness (QED) is 0.435. The van der Waals surface area contributed by atoms with E-state index in [0.717, 1.165) is 6.07 Å². The van der Waals surface area contributed by atoms with Gasteiger partial charge in [-0.25, -0.2) is 4.39 Å². The van der Waals surface area contributed by atoms with E-state index in [0.29, 0.717) is 12.1 Å². The van der Waals surface area contributed by atoms with Crippen molar-refractivity contribution in [3.8, 4) is 0 Å². The number of carbonyl (C=O) groups is 1. The fourth-order valence-electron chi connectivity index (χ4n) is 0.893. The molecule has 6 heteroatoms. The van der Waals surface area contributed by atoms with Gasteiger partial charge < -0.3 is 5.73 Å². The number of hydrogen-bond acceptors (Lipinski definition) is 2. The van der Waals surface area contributed by atoms with Crippen molar-refractivity contribution in [2.24, 2.45) is 0 Å². The molecule has 0 saturated heterocycles. The fourth-order valence-corrected chi connectivity index (χ4v) is 0.893. The van der Waals surface area contributed by atoms with Gasteiger partial charge in [-0.15, -0.1) is 0 Å². The maximum absolute atomic E-state index is 12.4. The molecule has 0 aliphatic heterocycles. The summed E-state index contributed by atoms with van der Waals surface area (Å²) < 4.78 is 48.2. The second kappa shape index (κ2) is 3.28. The normalized spacial score (nSPS) is 11.4. The number of Topliss-reactive ketones (excluding diaryl/α,β-unsaturated/α-hetero) is 1. The number of carbonyl (C=O) groups excluding carboxylic acids is 1. The number of halogens is 4. The van der Waals surface area contributed by atoms with Gasteiger partial charge in [0.2, 0.25) is 0 Å². The second-order valence-electron chi connectivity index (χ2n) is 2.56. The molecule has 0 aliphatic carbocycles. The van der Waals surface area contributed by atoms with Gasteiger partial charge >= 0.3 is 6.18 Å². The molecule has 1 aromatic carbocycles. The van der Waals surface area contributed by atoms with Crippen molar-refractivity contribution in [1.82, 2.24) is 0 Å². The van der Waals surface area contributed by atoms with Crippen molar-refractivity contribution >= 4 is 11.5 Å². The van der Waals surface area contributed by atoms with Crippen LogP contribution in [0, 0.1) is 5.82 Å². The monoisotopic (exact) mass is 207 g/mol. The Bertz CT molecular complexity index is 372. The van der Waals surface area contributed by atoms with E-state index in [1.165, 1.54) is 0 Å². The van der Waals surface area contributed by atoms with Gasteiger partial charge in [0.1, 0.15) is 5.82 Å². The Balaban J connectivity index is 3.15. The maximum Gasteiger partial charge on any atom is 0.454 e. The molecule has 0 heterocycles. The lowest BCUT2D eigenvalue weighted by Crippen LogP contribution is -2.23. The molecule has 1 rings (SSSR count). The fraction of sp³-hybridized carbons (Fsp3) is 0.125. The molecule has 2 N–H and O–H groups in total.